The van der Waals surface area contributed by atoms with Crippen molar-refractivity contribution in [3.05, 3.63) is 65.5 Å². The summed E-state index contributed by atoms with van der Waals surface area (Å²) in [5.41, 5.74) is 5.95. The van der Waals surface area contributed by atoms with Gasteiger partial charge in [0.2, 0.25) is 5.91 Å². The molecule has 1 aliphatic rings. The smallest absolute Gasteiger partial charge is 0.224 e. The van der Waals surface area contributed by atoms with Crippen molar-refractivity contribution in [2.75, 3.05) is 5.32 Å². The van der Waals surface area contributed by atoms with E-state index in [-0.39, 0.29) is 5.91 Å². The number of carbonyl (C=O) groups is 1. The summed E-state index contributed by atoms with van der Waals surface area (Å²) in [7, 11) is 0. The average Bonchev–Trinajstić information content (AvgIpc) is 2.55. The average molecular weight is 292 g/mol. The summed E-state index contributed by atoms with van der Waals surface area (Å²) in [6.45, 7) is 2.15. The maximum atomic E-state index is 11.5. The van der Waals surface area contributed by atoms with E-state index in [4.69, 9.17) is 0 Å². The highest BCUT2D eigenvalue weighted by atomic mass is 16.1. The van der Waals surface area contributed by atoms with Crippen molar-refractivity contribution < 1.29 is 4.79 Å². The highest BCUT2D eigenvalue weighted by Crippen LogP contribution is 2.28. The van der Waals surface area contributed by atoms with Crippen molar-refractivity contribution in [1.82, 2.24) is 4.98 Å². The van der Waals surface area contributed by atoms with E-state index in [1.807, 2.05) is 18.3 Å². The summed E-state index contributed by atoms with van der Waals surface area (Å²) in [5.74, 6) is 0.111. The van der Waals surface area contributed by atoms with Gasteiger partial charge in [-0.3, -0.25) is 9.78 Å². The number of aromatic nitrogens is 1. The predicted molar refractivity (Wildman–Crippen MR) is 89.6 cm³/mol. The molecule has 0 bridgehead atoms. The number of benzene rings is 1. The van der Waals surface area contributed by atoms with Crippen molar-refractivity contribution in [3.8, 4) is 0 Å². The summed E-state index contributed by atoms with van der Waals surface area (Å²) >= 11 is 0. The molecule has 0 aliphatic carbocycles. The van der Waals surface area contributed by atoms with E-state index >= 15 is 0 Å². The number of aryl methyl sites for hydroxylation is 1. The summed E-state index contributed by atoms with van der Waals surface area (Å²) < 4.78 is 0. The Morgan fingerprint density at radius 3 is 3.00 bits per heavy atom. The van der Waals surface area contributed by atoms with Crippen LogP contribution in [0, 0.1) is 0 Å². The van der Waals surface area contributed by atoms with Crippen molar-refractivity contribution in [2.45, 2.75) is 32.6 Å². The first kappa shape index (κ1) is 14.5. The SMILES string of the molecule is CC/C=C(/Cc1cccnc1)c1ccc2c(c1)CCC(=O)N2. The second-order valence-electron chi connectivity index (χ2n) is 5.60. The molecule has 3 nitrogen and oxygen atoms in total. The molecule has 112 valence electrons. The molecule has 0 saturated heterocycles. The third-order valence-corrected chi connectivity index (χ3v) is 3.94. The van der Waals surface area contributed by atoms with Crippen LogP contribution in [-0.4, -0.2) is 10.9 Å². The number of hydrogen-bond acceptors (Lipinski definition) is 2. The number of nitrogens with zero attached hydrogens (tertiary/aromatic N) is 1. The Morgan fingerprint density at radius 1 is 1.32 bits per heavy atom. The Morgan fingerprint density at radius 2 is 2.23 bits per heavy atom. The van der Waals surface area contributed by atoms with Crippen LogP contribution in [0.5, 0.6) is 0 Å². The van der Waals surface area contributed by atoms with Crippen LogP contribution in [0.3, 0.4) is 0 Å². The van der Waals surface area contributed by atoms with E-state index in [0.717, 1.165) is 24.9 Å². The molecule has 0 unspecified atom stereocenters. The fourth-order valence-corrected chi connectivity index (χ4v) is 2.84. The molecule has 2 heterocycles. The van der Waals surface area contributed by atoms with Gasteiger partial charge < -0.3 is 5.32 Å². The van der Waals surface area contributed by atoms with Crippen LogP contribution in [0.2, 0.25) is 0 Å². The third-order valence-electron chi connectivity index (χ3n) is 3.94. The van der Waals surface area contributed by atoms with Gasteiger partial charge in [0.1, 0.15) is 0 Å². The lowest BCUT2D eigenvalue weighted by atomic mass is 9.93. The molecule has 1 aliphatic heterocycles. The number of rotatable bonds is 4. The number of allylic oxidation sites excluding steroid dienone is 2. The predicted octanol–water partition coefficient (Wildman–Crippen LogP) is 4.00. The summed E-state index contributed by atoms with van der Waals surface area (Å²) in [6, 6.07) is 10.4. The van der Waals surface area contributed by atoms with E-state index in [1.54, 1.807) is 6.20 Å². The molecule has 0 fully saturated rings. The van der Waals surface area contributed by atoms with Crippen molar-refractivity contribution in [2.24, 2.45) is 0 Å². The first-order valence-corrected chi connectivity index (χ1v) is 7.77. The van der Waals surface area contributed by atoms with Gasteiger partial charge in [-0.2, -0.15) is 0 Å². The number of amides is 1. The first-order chi connectivity index (χ1) is 10.8. The molecule has 1 aromatic heterocycles. The minimum Gasteiger partial charge on any atom is -0.326 e. The fourth-order valence-electron chi connectivity index (χ4n) is 2.84. The van der Waals surface area contributed by atoms with Crippen LogP contribution in [0.1, 0.15) is 36.5 Å². The van der Waals surface area contributed by atoms with Crippen LogP contribution >= 0.6 is 0 Å². The molecular weight excluding hydrogens is 272 g/mol. The summed E-state index contributed by atoms with van der Waals surface area (Å²) in [6.07, 6.45) is 9.27. The highest BCUT2D eigenvalue weighted by molar-refractivity contribution is 5.94. The Kier molecular flexibility index (Phi) is 4.33. The van der Waals surface area contributed by atoms with Crippen LogP contribution in [-0.2, 0) is 17.6 Å². The van der Waals surface area contributed by atoms with Crippen LogP contribution in [0.25, 0.3) is 5.57 Å². The molecule has 3 rings (SSSR count). The van der Waals surface area contributed by atoms with Gasteiger partial charge in [0.15, 0.2) is 0 Å². The molecule has 22 heavy (non-hydrogen) atoms. The summed E-state index contributed by atoms with van der Waals surface area (Å²) in [4.78, 5) is 15.7. The quantitative estimate of drug-likeness (QED) is 0.925. The van der Waals surface area contributed by atoms with Gasteiger partial charge in [0, 0.05) is 24.5 Å². The van der Waals surface area contributed by atoms with E-state index < -0.39 is 0 Å². The van der Waals surface area contributed by atoms with Gasteiger partial charge in [-0.05, 0) is 59.7 Å². The molecule has 0 saturated carbocycles. The van der Waals surface area contributed by atoms with Crippen molar-refractivity contribution in [3.63, 3.8) is 0 Å². The van der Waals surface area contributed by atoms with Gasteiger partial charge in [-0.1, -0.05) is 25.1 Å². The van der Waals surface area contributed by atoms with E-state index in [9.17, 15) is 4.79 Å². The van der Waals surface area contributed by atoms with Gasteiger partial charge in [-0.25, -0.2) is 0 Å². The third kappa shape index (κ3) is 3.25. The largest absolute Gasteiger partial charge is 0.326 e. The molecule has 1 aromatic carbocycles. The Hall–Kier alpha value is -2.42. The van der Waals surface area contributed by atoms with Crippen LogP contribution < -0.4 is 5.32 Å². The van der Waals surface area contributed by atoms with Gasteiger partial charge in [0.25, 0.3) is 0 Å². The molecule has 2 aromatic rings. The zero-order valence-corrected chi connectivity index (χ0v) is 12.8. The van der Waals surface area contributed by atoms with E-state index in [2.05, 4.69) is 41.5 Å². The Balaban J connectivity index is 1.89. The minimum atomic E-state index is 0.111. The van der Waals surface area contributed by atoms with Crippen molar-refractivity contribution in [1.29, 1.82) is 0 Å². The van der Waals surface area contributed by atoms with Gasteiger partial charge in [-0.15, -0.1) is 0 Å². The fraction of sp³-hybridized carbons (Fsp3) is 0.263. The number of pyridine rings is 1. The van der Waals surface area contributed by atoms with E-state index in [1.165, 1.54) is 22.3 Å². The van der Waals surface area contributed by atoms with Crippen molar-refractivity contribution >= 4 is 17.2 Å². The van der Waals surface area contributed by atoms with Gasteiger partial charge in [0.05, 0.1) is 0 Å². The number of hydrogen-bond donors (Lipinski definition) is 1. The normalized spacial score (nSPS) is 14.4. The standard InChI is InChI=1S/C19H20N2O/c1-2-4-15(11-14-5-3-10-20-13-14)16-6-8-18-17(12-16)7-9-19(22)21-18/h3-6,8,10,12-13H,2,7,9,11H2,1H3,(H,21,22)/b15-4-. The second kappa shape index (κ2) is 6.56. The minimum absolute atomic E-state index is 0.111. The first-order valence-electron chi connectivity index (χ1n) is 7.77. The molecule has 0 atom stereocenters. The number of anilines is 1. The lowest BCUT2D eigenvalue weighted by molar-refractivity contribution is -0.116. The van der Waals surface area contributed by atoms with Crippen LogP contribution in [0.4, 0.5) is 5.69 Å². The highest BCUT2D eigenvalue weighted by Gasteiger charge is 2.15. The molecule has 1 N–H and O–H groups in total. The zero-order chi connectivity index (χ0) is 15.4. The molecule has 1 amide bonds. The Bertz CT molecular complexity index is 705. The number of nitrogens with one attached hydrogen (secondary N) is 1. The van der Waals surface area contributed by atoms with E-state index in [0.29, 0.717) is 6.42 Å². The maximum Gasteiger partial charge on any atom is 0.224 e. The summed E-state index contributed by atoms with van der Waals surface area (Å²) in [5, 5.41) is 2.94. The van der Waals surface area contributed by atoms with Gasteiger partial charge >= 0.3 is 0 Å². The van der Waals surface area contributed by atoms with Crippen LogP contribution in [0.15, 0.2) is 48.8 Å². The second-order valence-corrected chi connectivity index (χ2v) is 5.60. The number of fused-ring (bicyclic) bond motifs is 1. The molecular formula is C19H20N2O. The zero-order valence-electron chi connectivity index (χ0n) is 12.8. The maximum absolute atomic E-state index is 11.5. The Labute approximate surface area is 131 Å². The lowest BCUT2D eigenvalue weighted by Crippen LogP contribution is -2.18. The molecule has 0 spiro atoms. The number of carbonyl (C=O) groups excluding carboxylic acids is 1. The topological polar surface area (TPSA) is 42.0 Å². The lowest BCUT2D eigenvalue weighted by Gasteiger charge is -2.18. The molecule has 3 heteroatoms. The monoisotopic (exact) mass is 292 g/mol. The molecule has 0 radical (unpaired) electrons.